The second kappa shape index (κ2) is 8.11. The Bertz CT molecular complexity index is 932. The Balaban J connectivity index is 1.68. The number of carboxylic acids is 1. The molecule has 2 heterocycles. The molecule has 0 fully saturated rings. The molecule has 0 saturated carbocycles. The van der Waals surface area contributed by atoms with Crippen molar-refractivity contribution in [2.75, 3.05) is 20.3 Å². The summed E-state index contributed by atoms with van der Waals surface area (Å²) in [4.78, 5) is 27.4. The summed E-state index contributed by atoms with van der Waals surface area (Å²) in [6, 6.07) is 7.75. The molecule has 7 nitrogen and oxygen atoms in total. The van der Waals surface area contributed by atoms with Gasteiger partial charge in [-0.3, -0.25) is 4.79 Å². The van der Waals surface area contributed by atoms with Crippen LogP contribution in [0.4, 0.5) is 0 Å². The van der Waals surface area contributed by atoms with E-state index in [1.165, 1.54) is 16.7 Å². The summed E-state index contributed by atoms with van der Waals surface area (Å²) in [5, 5.41) is 14.9. The van der Waals surface area contributed by atoms with E-state index in [1.807, 2.05) is 35.0 Å². The lowest BCUT2D eigenvalue weighted by Crippen LogP contribution is -2.25. The second-order valence-electron chi connectivity index (χ2n) is 5.68. The molecule has 136 valence electrons. The third kappa shape index (κ3) is 3.92. The van der Waals surface area contributed by atoms with Crippen molar-refractivity contribution in [1.29, 1.82) is 0 Å². The zero-order valence-corrected chi connectivity index (χ0v) is 15.1. The van der Waals surface area contributed by atoms with Crippen LogP contribution >= 0.6 is 11.3 Å². The highest BCUT2D eigenvalue weighted by molar-refractivity contribution is 7.09. The van der Waals surface area contributed by atoms with Crippen LogP contribution in [0.15, 0.2) is 35.8 Å². The Labute approximate surface area is 154 Å². The first kappa shape index (κ1) is 18.1. The number of para-hydroxylation sites is 1. The van der Waals surface area contributed by atoms with Gasteiger partial charge in [-0.15, -0.1) is 11.3 Å². The molecule has 3 rings (SSSR count). The van der Waals surface area contributed by atoms with Crippen molar-refractivity contribution in [3.8, 4) is 0 Å². The van der Waals surface area contributed by atoms with Crippen molar-refractivity contribution in [2.45, 2.75) is 13.0 Å². The molecule has 0 radical (unpaired) electrons. The van der Waals surface area contributed by atoms with E-state index >= 15 is 0 Å². The van der Waals surface area contributed by atoms with Gasteiger partial charge in [-0.25, -0.2) is 9.78 Å². The maximum Gasteiger partial charge on any atom is 0.355 e. The summed E-state index contributed by atoms with van der Waals surface area (Å²) < 4.78 is 7.14. The van der Waals surface area contributed by atoms with Crippen LogP contribution in [0.2, 0.25) is 0 Å². The predicted molar refractivity (Wildman–Crippen MR) is 98.9 cm³/mol. The van der Waals surface area contributed by atoms with E-state index in [4.69, 9.17) is 9.84 Å². The Kier molecular flexibility index (Phi) is 5.65. The molecule has 0 unspecified atom stereocenters. The highest BCUT2D eigenvalue weighted by atomic mass is 32.1. The Morgan fingerprint density at radius 3 is 2.88 bits per heavy atom. The summed E-state index contributed by atoms with van der Waals surface area (Å²) in [5.74, 6) is -1.20. The first-order chi connectivity index (χ1) is 12.6. The number of carbonyl (C=O) groups excluding carboxylic acids is 1. The molecule has 1 amide bonds. The number of hydrogen-bond acceptors (Lipinski definition) is 5. The molecule has 2 N–H and O–H groups in total. The van der Waals surface area contributed by atoms with Gasteiger partial charge in [0.15, 0.2) is 5.69 Å². The number of thiazole rings is 1. The fourth-order valence-corrected chi connectivity index (χ4v) is 3.48. The number of amides is 1. The Morgan fingerprint density at radius 1 is 1.35 bits per heavy atom. The molecule has 2 aromatic heterocycles. The minimum Gasteiger partial charge on any atom is -0.476 e. The number of carbonyl (C=O) groups is 2. The van der Waals surface area contributed by atoms with E-state index in [2.05, 4.69) is 10.3 Å². The zero-order chi connectivity index (χ0) is 18.5. The number of rotatable bonds is 8. The Hall–Kier alpha value is -2.71. The van der Waals surface area contributed by atoms with Gasteiger partial charge in [0.2, 0.25) is 0 Å². The molecule has 0 saturated heterocycles. The lowest BCUT2D eigenvalue weighted by atomic mass is 10.1. The van der Waals surface area contributed by atoms with Crippen molar-refractivity contribution in [2.24, 2.45) is 0 Å². The van der Waals surface area contributed by atoms with Crippen LogP contribution in [0.5, 0.6) is 0 Å². The van der Waals surface area contributed by atoms with E-state index in [0.29, 0.717) is 36.7 Å². The monoisotopic (exact) mass is 373 g/mol. The lowest BCUT2D eigenvalue weighted by molar-refractivity contribution is 0.0690. The van der Waals surface area contributed by atoms with Gasteiger partial charge in [-0.05, 0) is 6.07 Å². The first-order valence-electron chi connectivity index (χ1n) is 8.13. The number of aromatic carboxylic acids is 1. The van der Waals surface area contributed by atoms with Gasteiger partial charge in [0.25, 0.3) is 5.91 Å². The van der Waals surface area contributed by atoms with Crippen LogP contribution in [-0.2, 0) is 17.7 Å². The van der Waals surface area contributed by atoms with Crippen molar-refractivity contribution in [3.05, 3.63) is 52.1 Å². The minimum atomic E-state index is -1.04. The number of methoxy groups -OCH3 is 1. The van der Waals surface area contributed by atoms with Gasteiger partial charge >= 0.3 is 5.97 Å². The van der Waals surface area contributed by atoms with Crippen LogP contribution < -0.4 is 5.32 Å². The van der Waals surface area contributed by atoms with E-state index in [9.17, 15) is 9.59 Å². The molecule has 0 atom stereocenters. The predicted octanol–water partition coefficient (Wildman–Crippen LogP) is 2.41. The van der Waals surface area contributed by atoms with Crippen LogP contribution in [0.25, 0.3) is 10.9 Å². The number of nitrogens with one attached hydrogen (secondary N) is 1. The molecule has 26 heavy (non-hydrogen) atoms. The minimum absolute atomic E-state index is 0.0394. The summed E-state index contributed by atoms with van der Waals surface area (Å²) in [6.07, 6.45) is 2.33. The van der Waals surface area contributed by atoms with Gasteiger partial charge in [0.05, 0.1) is 17.2 Å². The maximum absolute atomic E-state index is 12.6. The average molecular weight is 373 g/mol. The second-order valence-corrected chi connectivity index (χ2v) is 6.63. The molecule has 0 aliphatic rings. The molecule has 8 heteroatoms. The third-order valence-corrected chi connectivity index (χ3v) is 4.87. The quantitative estimate of drug-likeness (QED) is 0.632. The SMILES string of the molecule is COCCn1cc(C(=O)NCCc2nc(C(=O)O)cs2)c2ccccc21. The smallest absolute Gasteiger partial charge is 0.355 e. The van der Waals surface area contributed by atoms with E-state index in [-0.39, 0.29) is 11.6 Å². The molecule has 0 aliphatic carbocycles. The van der Waals surface area contributed by atoms with Gasteiger partial charge < -0.3 is 19.7 Å². The van der Waals surface area contributed by atoms with Crippen molar-refractivity contribution in [3.63, 3.8) is 0 Å². The van der Waals surface area contributed by atoms with Crippen molar-refractivity contribution in [1.82, 2.24) is 14.9 Å². The normalized spacial score (nSPS) is 11.0. The highest BCUT2D eigenvalue weighted by Crippen LogP contribution is 2.21. The third-order valence-electron chi connectivity index (χ3n) is 3.96. The van der Waals surface area contributed by atoms with Crippen LogP contribution in [0, 0.1) is 0 Å². The molecular formula is C18H19N3O4S. The molecule has 0 bridgehead atoms. The van der Waals surface area contributed by atoms with Crippen molar-refractivity contribution >= 4 is 34.1 Å². The zero-order valence-electron chi connectivity index (χ0n) is 14.3. The van der Waals surface area contributed by atoms with E-state index in [1.54, 1.807) is 7.11 Å². The molecular weight excluding hydrogens is 354 g/mol. The number of fused-ring (bicyclic) bond motifs is 1. The summed E-state index contributed by atoms with van der Waals surface area (Å²) in [6.45, 7) is 1.63. The van der Waals surface area contributed by atoms with Crippen LogP contribution in [-0.4, -0.2) is 46.8 Å². The topological polar surface area (TPSA) is 93.5 Å². The standard InChI is InChI=1S/C18H19N3O4S/c1-25-9-8-21-10-13(12-4-2-3-5-15(12)21)17(22)19-7-6-16-20-14(11-26-16)18(23)24/h2-5,10-11H,6-9H2,1H3,(H,19,22)(H,23,24). The summed E-state index contributed by atoms with van der Waals surface area (Å²) >= 11 is 1.28. The van der Waals surface area contributed by atoms with Gasteiger partial charge in [0, 0.05) is 49.1 Å². The fraction of sp³-hybridized carbons (Fsp3) is 0.278. The average Bonchev–Trinajstić information content (AvgIpc) is 3.25. The number of aromatic nitrogens is 2. The molecule has 0 aliphatic heterocycles. The van der Waals surface area contributed by atoms with E-state index in [0.717, 1.165) is 10.9 Å². The fourth-order valence-electron chi connectivity index (χ4n) is 2.70. The number of benzene rings is 1. The first-order valence-corrected chi connectivity index (χ1v) is 9.01. The maximum atomic E-state index is 12.6. The number of carboxylic acid groups (broad SMARTS) is 1. The van der Waals surface area contributed by atoms with Gasteiger partial charge in [-0.2, -0.15) is 0 Å². The summed E-state index contributed by atoms with van der Waals surface area (Å²) in [5.41, 5.74) is 1.64. The van der Waals surface area contributed by atoms with Gasteiger partial charge in [-0.1, -0.05) is 18.2 Å². The van der Waals surface area contributed by atoms with Gasteiger partial charge in [0.1, 0.15) is 0 Å². The highest BCUT2D eigenvalue weighted by Gasteiger charge is 2.15. The number of ether oxygens (including phenoxy) is 1. The van der Waals surface area contributed by atoms with Crippen LogP contribution in [0.3, 0.4) is 0 Å². The number of hydrogen-bond donors (Lipinski definition) is 2. The van der Waals surface area contributed by atoms with Crippen molar-refractivity contribution < 1.29 is 19.4 Å². The Morgan fingerprint density at radius 2 is 2.15 bits per heavy atom. The lowest BCUT2D eigenvalue weighted by Gasteiger charge is -2.03. The molecule has 0 spiro atoms. The molecule has 3 aromatic rings. The number of nitrogens with zero attached hydrogens (tertiary/aromatic N) is 2. The van der Waals surface area contributed by atoms with Crippen LogP contribution in [0.1, 0.15) is 25.9 Å². The largest absolute Gasteiger partial charge is 0.476 e. The van der Waals surface area contributed by atoms with E-state index < -0.39 is 5.97 Å². The molecule has 1 aromatic carbocycles. The summed E-state index contributed by atoms with van der Waals surface area (Å²) in [7, 11) is 1.65.